The van der Waals surface area contributed by atoms with Crippen molar-refractivity contribution in [2.75, 3.05) is 0 Å². The minimum Gasteiger partial charge on any atom is -0.486 e. The zero-order valence-electron chi connectivity index (χ0n) is 11.3. The van der Waals surface area contributed by atoms with E-state index in [2.05, 4.69) is 43.9 Å². The van der Waals surface area contributed by atoms with Crippen molar-refractivity contribution in [1.29, 1.82) is 0 Å². The van der Waals surface area contributed by atoms with Crippen LogP contribution in [0, 0.1) is 6.92 Å². The summed E-state index contributed by atoms with van der Waals surface area (Å²) in [4.78, 5) is 0. The number of nitrogens with zero attached hydrogens (tertiary/aromatic N) is 2. The highest BCUT2D eigenvalue weighted by molar-refractivity contribution is 9.10. The van der Waals surface area contributed by atoms with Crippen molar-refractivity contribution < 1.29 is 4.74 Å². The molecule has 20 heavy (non-hydrogen) atoms. The van der Waals surface area contributed by atoms with Crippen LogP contribution in [0.2, 0.25) is 0 Å². The maximum absolute atomic E-state index is 5.88. The first-order chi connectivity index (χ1) is 9.56. The van der Waals surface area contributed by atoms with Crippen molar-refractivity contribution in [3.05, 3.63) is 44.1 Å². The van der Waals surface area contributed by atoms with Gasteiger partial charge in [-0.1, -0.05) is 6.07 Å². The van der Waals surface area contributed by atoms with Gasteiger partial charge in [0, 0.05) is 12.4 Å². The molecule has 0 fully saturated rings. The molecular formula is C14H15Br2ClN2O. The van der Waals surface area contributed by atoms with E-state index in [1.807, 2.05) is 29.8 Å². The lowest BCUT2D eigenvalue weighted by atomic mass is 10.2. The predicted molar refractivity (Wildman–Crippen MR) is 88.4 cm³/mol. The van der Waals surface area contributed by atoms with Gasteiger partial charge in [-0.2, -0.15) is 5.10 Å². The van der Waals surface area contributed by atoms with Crippen molar-refractivity contribution in [1.82, 2.24) is 9.78 Å². The average molecular weight is 423 g/mol. The summed E-state index contributed by atoms with van der Waals surface area (Å²) >= 11 is 12.9. The monoisotopic (exact) mass is 420 g/mol. The van der Waals surface area contributed by atoms with Crippen LogP contribution in [-0.2, 0) is 19.0 Å². The summed E-state index contributed by atoms with van der Waals surface area (Å²) in [5.74, 6) is 1.29. The minimum absolute atomic E-state index is 0.466. The Morgan fingerprint density at radius 3 is 2.70 bits per heavy atom. The van der Waals surface area contributed by atoms with Crippen molar-refractivity contribution in [3.63, 3.8) is 0 Å². The first-order valence-electron chi connectivity index (χ1n) is 6.25. The Morgan fingerprint density at radius 1 is 1.35 bits per heavy atom. The molecule has 0 aliphatic heterocycles. The van der Waals surface area contributed by atoms with Gasteiger partial charge < -0.3 is 4.74 Å². The quantitative estimate of drug-likeness (QED) is 0.630. The SMILES string of the molecule is CCn1nc(C)c(Br)c1COc1ccc(CCl)cc1Br. The Labute approximate surface area is 140 Å². The van der Waals surface area contributed by atoms with Gasteiger partial charge in [-0.25, -0.2) is 0 Å². The van der Waals surface area contributed by atoms with Crippen molar-refractivity contribution >= 4 is 43.5 Å². The molecule has 0 spiro atoms. The molecule has 0 bridgehead atoms. The van der Waals surface area contributed by atoms with Gasteiger partial charge in [0.25, 0.3) is 0 Å². The number of halogens is 3. The lowest BCUT2D eigenvalue weighted by Crippen LogP contribution is -2.06. The Balaban J connectivity index is 2.17. The summed E-state index contributed by atoms with van der Waals surface area (Å²) in [5, 5.41) is 4.45. The highest BCUT2D eigenvalue weighted by Gasteiger charge is 2.13. The smallest absolute Gasteiger partial charge is 0.134 e. The van der Waals surface area contributed by atoms with Gasteiger partial charge in [-0.15, -0.1) is 11.6 Å². The summed E-state index contributed by atoms with van der Waals surface area (Å²) in [6.45, 7) is 5.32. The van der Waals surface area contributed by atoms with E-state index in [0.717, 1.165) is 38.2 Å². The molecule has 1 heterocycles. The van der Waals surface area contributed by atoms with E-state index >= 15 is 0 Å². The molecule has 108 valence electrons. The summed E-state index contributed by atoms with van der Waals surface area (Å²) in [6.07, 6.45) is 0. The molecule has 1 aromatic heterocycles. The predicted octanol–water partition coefficient (Wildman–Crippen LogP) is 5.05. The molecule has 0 saturated heterocycles. The lowest BCUT2D eigenvalue weighted by molar-refractivity contribution is 0.290. The standard InChI is InChI=1S/C14H15Br2ClN2O/c1-3-19-12(14(16)9(2)18-19)8-20-13-5-4-10(7-17)6-11(13)15/h4-6H,3,7-8H2,1-2H3. The fourth-order valence-corrected chi connectivity index (χ4v) is 3.00. The summed E-state index contributed by atoms with van der Waals surface area (Å²) in [7, 11) is 0. The average Bonchev–Trinajstić information content (AvgIpc) is 2.73. The van der Waals surface area contributed by atoms with Crippen molar-refractivity contribution in [2.24, 2.45) is 0 Å². The van der Waals surface area contributed by atoms with E-state index < -0.39 is 0 Å². The van der Waals surface area contributed by atoms with Crippen molar-refractivity contribution in [3.8, 4) is 5.75 Å². The molecule has 0 unspecified atom stereocenters. The van der Waals surface area contributed by atoms with Crippen LogP contribution in [-0.4, -0.2) is 9.78 Å². The van der Waals surface area contributed by atoms with Gasteiger partial charge in [0.15, 0.2) is 0 Å². The lowest BCUT2D eigenvalue weighted by Gasteiger charge is -2.10. The van der Waals surface area contributed by atoms with Crippen LogP contribution in [0.15, 0.2) is 27.1 Å². The molecule has 0 atom stereocenters. The Hall–Kier alpha value is -0.520. The van der Waals surface area contributed by atoms with Gasteiger partial charge in [-0.05, 0) is 63.4 Å². The van der Waals surface area contributed by atoms with E-state index in [-0.39, 0.29) is 0 Å². The molecule has 0 radical (unpaired) electrons. The van der Waals surface area contributed by atoms with Crippen LogP contribution in [0.3, 0.4) is 0 Å². The van der Waals surface area contributed by atoms with Crippen LogP contribution in [0.25, 0.3) is 0 Å². The number of aryl methyl sites for hydroxylation is 2. The molecular weight excluding hydrogens is 407 g/mol. The first-order valence-corrected chi connectivity index (χ1v) is 8.37. The molecule has 0 amide bonds. The minimum atomic E-state index is 0.466. The second kappa shape index (κ2) is 6.96. The molecule has 2 rings (SSSR count). The normalized spacial score (nSPS) is 10.8. The number of ether oxygens (including phenoxy) is 1. The van der Waals surface area contributed by atoms with Crippen molar-refractivity contribution in [2.45, 2.75) is 32.9 Å². The number of alkyl halides is 1. The number of hydrogen-bond acceptors (Lipinski definition) is 2. The zero-order valence-corrected chi connectivity index (χ0v) is 15.2. The summed E-state index contributed by atoms with van der Waals surface area (Å²) in [5.41, 5.74) is 3.07. The fourth-order valence-electron chi connectivity index (χ4n) is 1.90. The maximum atomic E-state index is 5.88. The van der Waals surface area contributed by atoms with E-state index in [1.54, 1.807) is 0 Å². The first kappa shape index (κ1) is 15.9. The molecule has 0 aliphatic rings. The van der Waals surface area contributed by atoms with Crippen LogP contribution in [0.5, 0.6) is 5.75 Å². The van der Waals surface area contributed by atoms with Gasteiger partial charge in [0.05, 0.1) is 20.3 Å². The Morgan fingerprint density at radius 2 is 2.10 bits per heavy atom. The highest BCUT2D eigenvalue weighted by Crippen LogP contribution is 2.29. The van der Waals surface area contributed by atoms with Gasteiger partial charge in [0.2, 0.25) is 0 Å². The van der Waals surface area contributed by atoms with Crippen LogP contribution >= 0.6 is 43.5 Å². The van der Waals surface area contributed by atoms with Gasteiger partial charge in [0.1, 0.15) is 12.4 Å². The summed E-state index contributed by atoms with van der Waals surface area (Å²) < 4.78 is 9.74. The Bertz CT molecular complexity index is 613. The van der Waals surface area contributed by atoms with Crippen LogP contribution < -0.4 is 4.74 Å². The third kappa shape index (κ3) is 3.38. The number of benzene rings is 1. The fraction of sp³-hybridized carbons (Fsp3) is 0.357. The van der Waals surface area contributed by atoms with E-state index in [0.29, 0.717) is 12.5 Å². The second-order valence-electron chi connectivity index (χ2n) is 4.35. The number of hydrogen-bond donors (Lipinski definition) is 0. The molecule has 6 heteroatoms. The van der Waals surface area contributed by atoms with Crippen LogP contribution in [0.4, 0.5) is 0 Å². The molecule has 0 aliphatic carbocycles. The van der Waals surface area contributed by atoms with E-state index in [9.17, 15) is 0 Å². The largest absolute Gasteiger partial charge is 0.486 e. The highest BCUT2D eigenvalue weighted by atomic mass is 79.9. The molecule has 0 saturated carbocycles. The number of aromatic nitrogens is 2. The topological polar surface area (TPSA) is 27.1 Å². The van der Waals surface area contributed by atoms with Gasteiger partial charge >= 0.3 is 0 Å². The molecule has 0 N–H and O–H groups in total. The van der Waals surface area contributed by atoms with Gasteiger partial charge in [-0.3, -0.25) is 4.68 Å². The second-order valence-corrected chi connectivity index (χ2v) is 6.26. The zero-order chi connectivity index (χ0) is 14.7. The molecule has 1 aromatic carbocycles. The molecule has 3 nitrogen and oxygen atoms in total. The Kier molecular flexibility index (Phi) is 5.52. The van der Waals surface area contributed by atoms with Crippen LogP contribution in [0.1, 0.15) is 23.9 Å². The number of rotatable bonds is 5. The molecule has 2 aromatic rings. The summed E-state index contributed by atoms with van der Waals surface area (Å²) in [6, 6.07) is 5.86. The van der Waals surface area contributed by atoms with E-state index in [4.69, 9.17) is 16.3 Å². The third-order valence-electron chi connectivity index (χ3n) is 2.97. The maximum Gasteiger partial charge on any atom is 0.134 e. The third-order valence-corrected chi connectivity index (χ3v) is 4.93. The van der Waals surface area contributed by atoms with E-state index in [1.165, 1.54) is 0 Å².